The molecule has 0 spiro atoms. The smallest absolute Gasteiger partial charge is 0.252 e. The molecular formula is C28H34ClN3O3. The number of rotatable bonds is 6. The molecule has 35 heavy (non-hydrogen) atoms. The van der Waals surface area contributed by atoms with Crippen LogP contribution in [0.2, 0.25) is 5.02 Å². The number of amides is 1. The Balaban J connectivity index is 1.69. The van der Waals surface area contributed by atoms with Gasteiger partial charge in [-0.15, -0.1) is 0 Å². The number of ether oxygens (including phenoxy) is 1. The van der Waals surface area contributed by atoms with E-state index in [4.69, 9.17) is 16.3 Å². The summed E-state index contributed by atoms with van der Waals surface area (Å²) >= 11 is 6.27. The maximum Gasteiger partial charge on any atom is 0.252 e. The molecule has 2 aromatic rings. The summed E-state index contributed by atoms with van der Waals surface area (Å²) in [6.07, 6.45) is 1.52. The summed E-state index contributed by atoms with van der Waals surface area (Å²) in [5.74, 6) is 0.769. The predicted octanol–water partition coefficient (Wildman–Crippen LogP) is 4.86. The molecule has 2 fully saturated rings. The molecule has 6 nitrogen and oxygen atoms in total. The van der Waals surface area contributed by atoms with Crippen molar-refractivity contribution < 1.29 is 14.6 Å². The van der Waals surface area contributed by atoms with E-state index in [0.717, 1.165) is 25.9 Å². The molecule has 1 amide bonds. The maximum atomic E-state index is 13.5. The molecular weight excluding hydrogens is 462 g/mol. The van der Waals surface area contributed by atoms with Crippen LogP contribution in [0.25, 0.3) is 0 Å². The third-order valence-corrected chi connectivity index (χ3v) is 8.48. The van der Waals surface area contributed by atoms with E-state index < -0.39 is 16.5 Å². The average molecular weight is 496 g/mol. The number of benzene rings is 2. The molecule has 2 aliphatic rings. The molecule has 2 N–H and O–H groups in total. The van der Waals surface area contributed by atoms with E-state index in [9.17, 15) is 15.2 Å². The van der Waals surface area contributed by atoms with E-state index in [0.29, 0.717) is 21.9 Å². The lowest BCUT2D eigenvalue weighted by Crippen LogP contribution is -2.89. The molecule has 1 heterocycles. The molecule has 0 atom stereocenters. The number of nitriles is 1. The second-order valence-electron chi connectivity index (χ2n) is 10.8. The van der Waals surface area contributed by atoms with Crippen LogP contribution in [0.15, 0.2) is 48.5 Å². The number of aliphatic hydroxyl groups is 1. The molecule has 1 aliphatic heterocycles. The fourth-order valence-corrected chi connectivity index (χ4v) is 6.83. The van der Waals surface area contributed by atoms with Gasteiger partial charge in [-0.25, -0.2) is 0 Å². The van der Waals surface area contributed by atoms with Crippen LogP contribution in [0, 0.1) is 28.1 Å². The first-order chi connectivity index (χ1) is 16.6. The molecule has 0 aromatic heterocycles. The van der Waals surface area contributed by atoms with E-state index >= 15 is 0 Å². The fraction of sp³-hybridized carbons (Fsp3) is 0.500. The van der Waals surface area contributed by atoms with Gasteiger partial charge in [-0.2, -0.15) is 5.26 Å². The number of nitrogens with one attached hydrogen (secondary N) is 1. The van der Waals surface area contributed by atoms with Crippen molar-refractivity contribution in [3.63, 3.8) is 0 Å². The molecule has 1 aliphatic carbocycles. The molecule has 4 rings (SSSR count). The largest absolute Gasteiger partial charge is 0.489 e. The number of carbonyl (C=O) groups is 1. The van der Waals surface area contributed by atoms with Crippen LogP contribution in [-0.4, -0.2) is 47.4 Å². The Morgan fingerprint density at radius 1 is 1.14 bits per heavy atom. The van der Waals surface area contributed by atoms with Crippen molar-refractivity contribution >= 4 is 17.5 Å². The summed E-state index contributed by atoms with van der Waals surface area (Å²) in [6.45, 7) is 10.3. The highest BCUT2D eigenvalue weighted by Crippen LogP contribution is 2.64. The molecule has 0 bridgehead atoms. The van der Waals surface area contributed by atoms with Crippen molar-refractivity contribution in [2.45, 2.75) is 52.3 Å². The lowest BCUT2D eigenvalue weighted by atomic mass is 9.43. The van der Waals surface area contributed by atoms with Crippen molar-refractivity contribution in [3.8, 4) is 11.8 Å². The Morgan fingerprint density at radius 3 is 2.31 bits per heavy atom. The second kappa shape index (κ2) is 9.46. The first-order valence-electron chi connectivity index (χ1n) is 12.2. The molecule has 0 radical (unpaired) electrons. The lowest BCUT2D eigenvalue weighted by molar-refractivity contribution is -0.290. The third kappa shape index (κ3) is 4.10. The predicted molar refractivity (Wildman–Crippen MR) is 136 cm³/mol. The number of hydrogen-bond donors (Lipinski definition) is 2. The third-order valence-electron chi connectivity index (χ3n) is 8.17. The second-order valence-corrected chi connectivity index (χ2v) is 11.2. The van der Waals surface area contributed by atoms with Gasteiger partial charge in [0.15, 0.2) is 0 Å². The van der Waals surface area contributed by atoms with Gasteiger partial charge in [0.25, 0.3) is 5.91 Å². The molecule has 7 heteroatoms. The maximum absolute atomic E-state index is 13.5. The monoisotopic (exact) mass is 495 g/mol. The average Bonchev–Trinajstić information content (AvgIpc) is 2.86. The highest BCUT2D eigenvalue weighted by Gasteiger charge is 2.76. The van der Waals surface area contributed by atoms with Gasteiger partial charge in [-0.1, -0.05) is 57.5 Å². The van der Waals surface area contributed by atoms with Crippen LogP contribution < -0.4 is 10.1 Å². The summed E-state index contributed by atoms with van der Waals surface area (Å²) in [6, 6.07) is 16.5. The van der Waals surface area contributed by atoms with Gasteiger partial charge < -0.3 is 15.2 Å². The number of nitrogens with zero attached hydrogens (tertiary/aromatic N) is 2. The van der Waals surface area contributed by atoms with E-state index in [1.54, 1.807) is 18.2 Å². The quantitative estimate of drug-likeness (QED) is 0.598. The zero-order valence-electron chi connectivity index (χ0n) is 20.8. The molecule has 0 unspecified atom stereocenters. The molecule has 1 saturated heterocycles. The van der Waals surface area contributed by atoms with Gasteiger partial charge in [-0.05, 0) is 43.0 Å². The van der Waals surface area contributed by atoms with Crippen LogP contribution in [0.4, 0.5) is 0 Å². The topological polar surface area (TPSA) is 85.6 Å². The van der Waals surface area contributed by atoms with Gasteiger partial charge in [0.1, 0.15) is 23.6 Å². The summed E-state index contributed by atoms with van der Waals surface area (Å²) in [4.78, 5) is 15.9. The Labute approximate surface area is 212 Å². The first kappa shape index (κ1) is 25.5. The Bertz CT molecular complexity index is 1100. The molecule has 186 valence electrons. The van der Waals surface area contributed by atoms with E-state index in [-0.39, 0.29) is 24.5 Å². The fourth-order valence-electron chi connectivity index (χ4n) is 6.62. The van der Waals surface area contributed by atoms with Crippen molar-refractivity contribution in [2.24, 2.45) is 16.7 Å². The van der Waals surface area contributed by atoms with Gasteiger partial charge in [0.05, 0.1) is 10.6 Å². The number of halogens is 1. The van der Waals surface area contributed by atoms with E-state index in [1.165, 1.54) is 0 Å². The van der Waals surface area contributed by atoms with E-state index in [1.807, 2.05) is 30.3 Å². The van der Waals surface area contributed by atoms with Crippen molar-refractivity contribution in [3.05, 3.63) is 64.7 Å². The Hall–Kier alpha value is -2.59. The summed E-state index contributed by atoms with van der Waals surface area (Å²) in [5.41, 5.74) is -0.580. The minimum atomic E-state index is -0.672. The highest BCUT2D eigenvalue weighted by atomic mass is 35.5. The Kier molecular flexibility index (Phi) is 6.89. The van der Waals surface area contributed by atoms with Crippen LogP contribution in [0.3, 0.4) is 0 Å². The van der Waals surface area contributed by atoms with Gasteiger partial charge >= 0.3 is 0 Å². The van der Waals surface area contributed by atoms with Crippen molar-refractivity contribution in [1.82, 2.24) is 10.2 Å². The van der Waals surface area contributed by atoms with Crippen molar-refractivity contribution in [1.29, 1.82) is 5.26 Å². The minimum Gasteiger partial charge on any atom is -0.489 e. The normalized spacial score (nSPS) is 25.8. The molecule has 1 saturated carbocycles. The summed E-state index contributed by atoms with van der Waals surface area (Å²) in [5, 5.41) is 22.7. The number of carbonyl (C=O) groups excluding carboxylic acids is 1. The van der Waals surface area contributed by atoms with Gasteiger partial charge in [0.2, 0.25) is 0 Å². The zero-order chi connectivity index (χ0) is 25.4. The standard InChI is InChI=1S/C28H34ClN3O3/c1-26(2)25(35-22-11-10-21(17-30)23(29)16-22)27(3,4)28(26,32-14-12-19(18-33)13-15-32)31-24(34)20-8-6-5-7-9-20/h5-11,16,19,25,33H,12-15,18H2,1-4H3,(H,31,34). The van der Waals surface area contributed by atoms with Crippen LogP contribution in [0.1, 0.15) is 56.5 Å². The Morgan fingerprint density at radius 2 is 1.77 bits per heavy atom. The number of hydrogen-bond acceptors (Lipinski definition) is 5. The minimum absolute atomic E-state index is 0.115. The van der Waals surface area contributed by atoms with Crippen LogP contribution in [-0.2, 0) is 0 Å². The lowest BCUT2D eigenvalue weighted by Gasteiger charge is -2.74. The SMILES string of the molecule is CC1(C)C(Oc2ccc(C#N)c(Cl)c2)C(C)(C)C1(NC(=O)c1ccccc1)N1CCC(CO)CC1. The number of piperidine rings is 1. The van der Waals surface area contributed by atoms with Gasteiger partial charge in [-0.3, -0.25) is 9.69 Å². The van der Waals surface area contributed by atoms with Crippen LogP contribution in [0.5, 0.6) is 5.75 Å². The first-order valence-corrected chi connectivity index (χ1v) is 12.6. The van der Waals surface area contributed by atoms with Crippen LogP contribution >= 0.6 is 11.6 Å². The van der Waals surface area contributed by atoms with E-state index in [2.05, 4.69) is 44.0 Å². The zero-order valence-corrected chi connectivity index (χ0v) is 21.6. The summed E-state index contributed by atoms with van der Waals surface area (Å²) in [7, 11) is 0. The summed E-state index contributed by atoms with van der Waals surface area (Å²) < 4.78 is 6.53. The number of aliphatic hydroxyl groups excluding tert-OH is 1. The number of likely N-dealkylation sites (tertiary alicyclic amines) is 1. The van der Waals surface area contributed by atoms with Crippen molar-refractivity contribution in [2.75, 3.05) is 19.7 Å². The van der Waals surface area contributed by atoms with Gasteiger partial charge in [0, 0.05) is 42.2 Å². The molecule has 2 aromatic carbocycles. The highest BCUT2D eigenvalue weighted by molar-refractivity contribution is 6.31.